The lowest BCUT2D eigenvalue weighted by Gasteiger charge is -2.09. The van der Waals surface area contributed by atoms with E-state index in [1.54, 1.807) is 0 Å². The number of fused-ring (bicyclic) bond motifs is 1. The average Bonchev–Trinajstić information content (AvgIpc) is 2.49. The number of nitrogens with one attached hydrogen (secondary N) is 1. The van der Waals surface area contributed by atoms with Crippen molar-refractivity contribution >= 4 is 16.7 Å². The van der Waals surface area contributed by atoms with Gasteiger partial charge in [-0.15, -0.1) is 0 Å². The first kappa shape index (κ1) is 7.16. The van der Waals surface area contributed by atoms with Gasteiger partial charge < -0.3 is 9.88 Å². The zero-order valence-electron chi connectivity index (χ0n) is 7.20. The lowest BCUT2D eigenvalue weighted by atomic mass is 10.3. The number of rotatable bonds is 1. The van der Waals surface area contributed by atoms with Gasteiger partial charge in [-0.1, -0.05) is 0 Å². The van der Waals surface area contributed by atoms with Gasteiger partial charge in [-0.2, -0.15) is 0 Å². The monoisotopic (exact) mass is 161 g/mol. The summed E-state index contributed by atoms with van der Waals surface area (Å²) in [6, 6.07) is 4.05. The van der Waals surface area contributed by atoms with E-state index in [2.05, 4.69) is 9.97 Å². The molecule has 2 heterocycles. The van der Waals surface area contributed by atoms with Gasteiger partial charge in [-0.25, -0.2) is 4.98 Å². The quantitative estimate of drug-likeness (QED) is 0.689. The summed E-state index contributed by atoms with van der Waals surface area (Å²) in [7, 11) is 3.97. The van der Waals surface area contributed by atoms with E-state index < -0.39 is 0 Å². The zero-order chi connectivity index (χ0) is 8.55. The summed E-state index contributed by atoms with van der Waals surface area (Å²) in [6.45, 7) is 0. The van der Waals surface area contributed by atoms with Crippen molar-refractivity contribution in [3.8, 4) is 0 Å². The minimum atomic E-state index is 0.977. The topological polar surface area (TPSA) is 31.9 Å². The zero-order valence-corrected chi connectivity index (χ0v) is 7.20. The molecule has 0 fully saturated rings. The lowest BCUT2D eigenvalue weighted by Crippen LogP contribution is -2.09. The van der Waals surface area contributed by atoms with E-state index in [9.17, 15) is 0 Å². The van der Waals surface area contributed by atoms with Crippen LogP contribution in [0.4, 0.5) is 5.82 Å². The Labute approximate surface area is 71.0 Å². The number of aromatic nitrogens is 2. The SMILES string of the molecule is CN(C)c1cc2[nH]ccc2cn1. The third-order valence-electron chi connectivity index (χ3n) is 1.88. The van der Waals surface area contributed by atoms with Crippen LogP contribution in [0.2, 0.25) is 0 Å². The van der Waals surface area contributed by atoms with Crippen LogP contribution in [-0.2, 0) is 0 Å². The summed E-state index contributed by atoms with van der Waals surface area (Å²) >= 11 is 0. The smallest absolute Gasteiger partial charge is 0.130 e. The van der Waals surface area contributed by atoms with E-state index in [-0.39, 0.29) is 0 Å². The molecule has 3 heteroatoms. The van der Waals surface area contributed by atoms with Crippen molar-refractivity contribution in [3.63, 3.8) is 0 Å². The summed E-state index contributed by atoms with van der Waals surface area (Å²) in [6.07, 6.45) is 3.80. The highest BCUT2D eigenvalue weighted by Crippen LogP contribution is 2.15. The maximum absolute atomic E-state index is 4.28. The van der Waals surface area contributed by atoms with Crippen LogP contribution in [0.15, 0.2) is 24.5 Å². The van der Waals surface area contributed by atoms with Crippen LogP contribution in [0.5, 0.6) is 0 Å². The summed E-state index contributed by atoms with van der Waals surface area (Å²) in [4.78, 5) is 9.42. The van der Waals surface area contributed by atoms with Gasteiger partial charge in [0.15, 0.2) is 0 Å². The van der Waals surface area contributed by atoms with Crippen molar-refractivity contribution in [1.82, 2.24) is 9.97 Å². The second kappa shape index (κ2) is 2.52. The van der Waals surface area contributed by atoms with Crippen molar-refractivity contribution in [2.24, 2.45) is 0 Å². The third-order valence-corrected chi connectivity index (χ3v) is 1.88. The van der Waals surface area contributed by atoms with Gasteiger partial charge in [-0.3, -0.25) is 0 Å². The molecule has 62 valence electrons. The molecule has 2 aromatic rings. The number of hydrogen-bond acceptors (Lipinski definition) is 2. The Kier molecular flexibility index (Phi) is 1.50. The Hall–Kier alpha value is -1.51. The fourth-order valence-electron chi connectivity index (χ4n) is 1.18. The van der Waals surface area contributed by atoms with Crippen molar-refractivity contribution in [3.05, 3.63) is 24.5 Å². The van der Waals surface area contributed by atoms with Crippen LogP contribution in [0.3, 0.4) is 0 Å². The van der Waals surface area contributed by atoms with Gasteiger partial charge in [0.05, 0.1) is 5.52 Å². The second-order valence-corrected chi connectivity index (χ2v) is 3.00. The highest BCUT2D eigenvalue weighted by Gasteiger charge is 1.98. The Balaban J connectivity index is 2.60. The largest absolute Gasteiger partial charge is 0.363 e. The molecular weight excluding hydrogens is 150 g/mol. The van der Waals surface area contributed by atoms with Crippen molar-refractivity contribution in [2.75, 3.05) is 19.0 Å². The van der Waals surface area contributed by atoms with Crippen LogP contribution in [0, 0.1) is 0 Å². The molecule has 0 spiro atoms. The van der Waals surface area contributed by atoms with Gasteiger partial charge in [-0.05, 0) is 6.07 Å². The number of anilines is 1. The van der Waals surface area contributed by atoms with Crippen molar-refractivity contribution in [2.45, 2.75) is 0 Å². The molecule has 0 amide bonds. The summed E-state index contributed by atoms with van der Waals surface area (Å²) in [5.41, 5.74) is 1.13. The first-order valence-corrected chi connectivity index (χ1v) is 3.88. The Bertz CT molecular complexity index is 389. The van der Waals surface area contributed by atoms with E-state index in [0.717, 1.165) is 16.7 Å². The number of pyridine rings is 1. The van der Waals surface area contributed by atoms with Crippen molar-refractivity contribution < 1.29 is 0 Å². The molecular formula is C9H11N3. The van der Waals surface area contributed by atoms with E-state index in [1.165, 1.54) is 0 Å². The van der Waals surface area contributed by atoms with E-state index in [1.807, 2.05) is 43.5 Å². The Morgan fingerprint density at radius 2 is 2.25 bits per heavy atom. The third kappa shape index (κ3) is 1.03. The van der Waals surface area contributed by atoms with Crippen LogP contribution < -0.4 is 4.90 Å². The van der Waals surface area contributed by atoms with Crippen molar-refractivity contribution in [1.29, 1.82) is 0 Å². The van der Waals surface area contributed by atoms with Crippen LogP contribution in [0.25, 0.3) is 10.9 Å². The fourth-order valence-corrected chi connectivity index (χ4v) is 1.18. The summed E-state index contributed by atoms with van der Waals surface area (Å²) < 4.78 is 0. The van der Waals surface area contributed by atoms with Gasteiger partial charge in [0.1, 0.15) is 5.82 Å². The molecule has 0 saturated carbocycles. The molecule has 0 saturated heterocycles. The lowest BCUT2D eigenvalue weighted by molar-refractivity contribution is 1.07. The molecule has 0 aliphatic carbocycles. The van der Waals surface area contributed by atoms with Gasteiger partial charge in [0.2, 0.25) is 0 Å². The molecule has 0 bridgehead atoms. The van der Waals surface area contributed by atoms with Gasteiger partial charge in [0.25, 0.3) is 0 Å². The summed E-state index contributed by atoms with van der Waals surface area (Å²) in [5, 5.41) is 1.15. The van der Waals surface area contributed by atoms with E-state index in [0.29, 0.717) is 0 Å². The molecule has 2 aromatic heterocycles. The fraction of sp³-hybridized carbons (Fsp3) is 0.222. The first-order chi connectivity index (χ1) is 5.77. The van der Waals surface area contributed by atoms with Crippen LogP contribution >= 0.6 is 0 Å². The minimum Gasteiger partial charge on any atom is -0.363 e. The number of nitrogens with zero attached hydrogens (tertiary/aromatic N) is 2. The molecule has 3 nitrogen and oxygen atoms in total. The van der Waals surface area contributed by atoms with Gasteiger partial charge in [0, 0.05) is 37.9 Å². The van der Waals surface area contributed by atoms with Crippen LogP contribution in [0.1, 0.15) is 0 Å². The molecule has 0 aromatic carbocycles. The maximum atomic E-state index is 4.28. The molecule has 2 rings (SSSR count). The molecule has 0 aliphatic rings. The summed E-state index contributed by atoms with van der Waals surface area (Å²) in [5.74, 6) is 0.977. The van der Waals surface area contributed by atoms with E-state index >= 15 is 0 Å². The average molecular weight is 161 g/mol. The number of H-pyrrole nitrogens is 1. The predicted molar refractivity (Wildman–Crippen MR) is 50.4 cm³/mol. The molecule has 0 unspecified atom stereocenters. The number of aromatic amines is 1. The highest BCUT2D eigenvalue weighted by molar-refractivity contribution is 5.80. The standard InChI is InChI=1S/C9H11N3/c1-12(2)9-5-8-7(6-11-9)3-4-10-8/h3-6,10H,1-2H3. The normalized spacial score (nSPS) is 10.5. The molecule has 12 heavy (non-hydrogen) atoms. The van der Waals surface area contributed by atoms with Crippen LogP contribution in [-0.4, -0.2) is 24.1 Å². The minimum absolute atomic E-state index is 0.977. The van der Waals surface area contributed by atoms with Gasteiger partial charge >= 0.3 is 0 Å². The maximum Gasteiger partial charge on any atom is 0.130 e. The molecule has 0 radical (unpaired) electrons. The van der Waals surface area contributed by atoms with E-state index in [4.69, 9.17) is 0 Å². The molecule has 0 atom stereocenters. The number of hydrogen-bond donors (Lipinski definition) is 1. The second-order valence-electron chi connectivity index (χ2n) is 3.00. The first-order valence-electron chi connectivity index (χ1n) is 3.88. The Morgan fingerprint density at radius 3 is 3.00 bits per heavy atom. The Morgan fingerprint density at radius 1 is 1.42 bits per heavy atom. The molecule has 0 aliphatic heterocycles. The highest BCUT2D eigenvalue weighted by atomic mass is 15.1. The predicted octanol–water partition coefficient (Wildman–Crippen LogP) is 1.63. The molecule has 1 N–H and O–H groups in total.